The van der Waals surface area contributed by atoms with Gasteiger partial charge in [0.2, 0.25) is 47.3 Å². The first-order valence-electron chi connectivity index (χ1n) is 43.9. The van der Waals surface area contributed by atoms with E-state index >= 15 is 0 Å². The summed E-state index contributed by atoms with van der Waals surface area (Å²) in [6, 6.07) is 5.85. The Labute approximate surface area is 791 Å². The van der Waals surface area contributed by atoms with Gasteiger partial charge in [-0.2, -0.15) is 35.2 Å². The SMILES string of the molecule is CC[C@H](CC(=O)[C@H](CC(=O)O)NC(=O)[C@@H](CCCN=C(N)N)CC(=O)[C@@H](CC(=O)O)NC(=O)CC[C@H](C)CC(=O)c1ccc(CCc2cnc3nc(N)[nH]c(=O)c3n2)cc1)C(=O)N[C@@H](CS)C(=O)O.CC[C@H](CC(=O)[C@H](CC(=O)O)NC(=O)[C@@H](CCCN=C(N)N)CC(=O)[C@@H](CC(=O)O)NC(=O)CC[C@H](C)CC(=O)c1ccc(CCc2cnc3nc(N)[nH]c(=O)c3n2)cc1)C(=O)N[C@H](C)CS. The summed E-state index contributed by atoms with van der Waals surface area (Å²) in [5, 5.41) is 62.4. The predicted octanol–water partition coefficient (Wildman–Crippen LogP) is 1.14. The first-order chi connectivity index (χ1) is 64.3. The number of carboxylic acid groups (broad SMARTS) is 5. The number of carbonyl (C=O) groups is 17. The Morgan fingerprint density at radius 1 is 0.404 bits per heavy atom. The Morgan fingerprint density at radius 3 is 1.04 bits per heavy atom. The molecule has 2 aromatic carbocycles. The number of guanidine groups is 2. The van der Waals surface area contributed by atoms with Crippen molar-refractivity contribution in [3.63, 3.8) is 0 Å². The number of nitrogens with one attached hydrogen (secondary N) is 8. The molecule has 4 aromatic heterocycles. The van der Waals surface area contributed by atoms with Crippen LogP contribution in [0.2, 0.25) is 0 Å². The van der Waals surface area contributed by atoms with Gasteiger partial charge in [-0.05, 0) is 107 Å². The summed E-state index contributed by atoms with van der Waals surface area (Å²) in [5.41, 5.74) is 36.0. The number of carbonyl (C=O) groups excluding carboxylic acids is 12. The van der Waals surface area contributed by atoms with Crippen LogP contribution in [0.4, 0.5) is 11.9 Å². The summed E-state index contributed by atoms with van der Waals surface area (Å²) in [7, 11) is 0. The lowest BCUT2D eigenvalue weighted by Crippen LogP contribution is -2.49. The highest BCUT2D eigenvalue weighted by molar-refractivity contribution is 7.80. The van der Waals surface area contributed by atoms with E-state index in [4.69, 9.17) is 34.4 Å². The third-order valence-electron chi connectivity index (χ3n) is 21.8. The van der Waals surface area contributed by atoms with Gasteiger partial charge in [0.1, 0.15) is 6.04 Å². The second-order valence-corrected chi connectivity index (χ2v) is 33.7. The average Bonchev–Trinajstić information content (AvgIpc) is 0.810. The summed E-state index contributed by atoms with van der Waals surface area (Å²) in [4.78, 5) is 280. The van der Waals surface area contributed by atoms with Crippen LogP contribution in [0.3, 0.4) is 0 Å². The van der Waals surface area contributed by atoms with Gasteiger partial charge < -0.3 is 91.8 Å². The number of fused-ring (bicyclic) bond motifs is 2. The van der Waals surface area contributed by atoms with Gasteiger partial charge in [-0.1, -0.05) is 76.2 Å². The van der Waals surface area contributed by atoms with Crippen LogP contribution >= 0.6 is 25.3 Å². The number of hydrogen-bond acceptors (Lipinski definition) is 31. The Balaban J connectivity index is 0.000000481. The molecule has 0 aliphatic carbocycles. The summed E-state index contributed by atoms with van der Waals surface area (Å²) >= 11 is 8.05. The molecular weight excluding hydrogens is 1810 g/mol. The third-order valence-corrected chi connectivity index (χ3v) is 22.7. The van der Waals surface area contributed by atoms with Crippen LogP contribution in [0.5, 0.6) is 0 Å². The number of carboxylic acids is 5. The smallest absolute Gasteiger partial charge is 0.327 e. The number of rotatable bonds is 61. The molecule has 6 aromatic rings. The lowest BCUT2D eigenvalue weighted by atomic mass is 9.90. The highest BCUT2D eigenvalue weighted by atomic mass is 32.1. The number of Topliss-reactive ketones (excluding diaryl/α,β-unsaturated/α-hetero) is 6. The van der Waals surface area contributed by atoms with Crippen molar-refractivity contribution in [3.8, 4) is 0 Å². The van der Waals surface area contributed by atoms with Gasteiger partial charge in [-0.15, -0.1) is 0 Å². The summed E-state index contributed by atoms with van der Waals surface area (Å²) < 4.78 is 0. The molecule has 0 saturated heterocycles. The molecule has 6 rings (SSSR count). The first kappa shape index (κ1) is 112. The number of nitrogens with zero attached hydrogens (tertiary/aromatic N) is 8. The van der Waals surface area contributed by atoms with Gasteiger partial charge in [-0.25, -0.2) is 24.7 Å². The van der Waals surface area contributed by atoms with Gasteiger partial charge in [0.15, 0.2) is 68.9 Å². The molecule has 0 bridgehead atoms. The van der Waals surface area contributed by atoms with E-state index in [-0.39, 0.29) is 178 Å². The number of aromatic amines is 2. The topological polar surface area (TPSA) is 787 Å². The van der Waals surface area contributed by atoms with Gasteiger partial charge in [0, 0.05) is 117 Å². The lowest BCUT2D eigenvalue weighted by molar-refractivity contribution is -0.143. The fourth-order valence-electron chi connectivity index (χ4n) is 14.1. The van der Waals surface area contributed by atoms with E-state index in [0.717, 1.165) is 11.1 Å². The second kappa shape index (κ2) is 56.8. The van der Waals surface area contributed by atoms with Crippen LogP contribution in [0.25, 0.3) is 22.3 Å². The van der Waals surface area contributed by atoms with E-state index in [2.05, 4.69) is 107 Å². The number of hydrogen-bond donors (Lipinski definition) is 21. The van der Waals surface area contributed by atoms with E-state index in [1.165, 1.54) is 12.4 Å². The molecule has 738 valence electrons. The highest BCUT2D eigenvalue weighted by Gasteiger charge is 2.37. The number of amides is 6. The van der Waals surface area contributed by atoms with Gasteiger partial charge in [0.05, 0.1) is 73.6 Å². The average molecular weight is 1930 g/mol. The summed E-state index contributed by atoms with van der Waals surface area (Å²) in [6.07, 6.45) is 0.0185. The van der Waals surface area contributed by atoms with Crippen molar-refractivity contribution in [2.45, 2.75) is 225 Å². The molecule has 0 unspecified atom stereocenters. The Bertz CT molecular complexity index is 5440. The van der Waals surface area contributed by atoms with Gasteiger partial charge in [-0.3, -0.25) is 106 Å². The predicted molar refractivity (Wildman–Crippen MR) is 502 cm³/mol. The lowest BCUT2D eigenvalue weighted by Gasteiger charge is -2.24. The number of benzene rings is 2. The zero-order chi connectivity index (χ0) is 101. The van der Waals surface area contributed by atoms with Gasteiger partial charge in [0.25, 0.3) is 11.1 Å². The van der Waals surface area contributed by atoms with Crippen LogP contribution in [-0.4, -0.2) is 238 Å². The normalized spacial score (nSPS) is 13.7. The molecule has 48 heteroatoms. The van der Waals surface area contributed by atoms with E-state index in [1.54, 1.807) is 83.1 Å². The number of thiol groups is 2. The van der Waals surface area contributed by atoms with Crippen molar-refractivity contribution < 1.29 is 107 Å². The molecule has 0 radical (unpaired) electrons. The van der Waals surface area contributed by atoms with Crippen molar-refractivity contribution >= 4 is 171 Å². The Hall–Kier alpha value is -14.1. The molecule has 4 heterocycles. The summed E-state index contributed by atoms with van der Waals surface area (Å²) in [6.45, 7) is 8.51. The standard InChI is InChI=1S/C44H59N11O13S.C44H61N11O11S/c1-3-24(39(64)53-30(21-69)42(67)68)16-32(57)29(19-36(62)63)52-40(65)26(5-4-14-48-43(45)46)17-33(58)28(18-35(60)61)51-34(59)13-6-22(2)15-31(56)25-10-7-23(8-11-25)9-12-27-20-49-38-37(50-27)41(66)55-44(47)54-38;1-4-26(40(64)50-24(3)22-67)17-33(57)31(20-37(62)63)53-41(65)28(6-5-15-48-43(45)46)18-34(58)30(19-36(60)61)52-35(59)14-7-23(2)16-32(56)27-11-8-25(9-12-27)10-13-29-21-49-39-38(51-29)42(66)55-44(47)54-39/h7-8,10-11,20,22,24,26,28-30,69H,3-6,9,12-19,21H2,1-2H3,(H,51,59)(H,52,65)(H,53,64)(H,60,61)(H,62,63)(H,67,68)(H4,45,46,48)(H3,47,49,54,55,66);8-9,11-12,21,23-24,26,28,30-31,67H,4-7,10,13-20,22H2,1-3H3,(H,50,64)(H,52,59)(H,53,65)(H,60,61)(H,62,63)(H4,45,46,48)(H3,47,49,54,55,66)/t22-,24+,26-,28+,29-,30-;23-,24+,26+,28-,30+,31-/m00/s1. The second-order valence-electron chi connectivity index (χ2n) is 33.0. The zero-order valence-corrected chi connectivity index (χ0v) is 77.7. The van der Waals surface area contributed by atoms with E-state index in [1.807, 2.05) is 0 Å². The maximum absolute atomic E-state index is 13.7. The molecule has 0 aliphatic rings. The number of nitrogen functional groups attached to an aromatic ring is 2. The molecule has 0 spiro atoms. The molecule has 0 aliphatic heterocycles. The summed E-state index contributed by atoms with van der Waals surface area (Å²) in [5.74, 6) is -20.8. The number of aliphatic imine (C=N–C) groups is 2. The number of nitrogens with two attached hydrogens (primary N) is 6. The van der Waals surface area contributed by atoms with Crippen molar-refractivity contribution in [3.05, 3.63) is 115 Å². The largest absolute Gasteiger partial charge is 0.481 e. The molecule has 25 N–H and O–H groups in total. The quantitative estimate of drug-likeness (QED) is 0.00837. The van der Waals surface area contributed by atoms with Crippen LogP contribution in [0.15, 0.2) is 80.5 Å². The maximum atomic E-state index is 13.7. The van der Waals surface area contributed by atoms with Crippen LogP contribution < -0.4 is 77.4 Å². The number of ketones is 6. The minimum Gasteiger partial charge on any atom is -0.481 e. The number of anilines is 2. The van der Waals surface area contributed by atoms with Crippen LogP contribution in [0.1, 0.15) is 206 Å². The number of aryl methyl sites for hydroxylation is 4. The third kappa shape index (κ3) is 40.0. The Morgan fingerprint density at radius 2 is 0.728 bits per heavy atom. The number of aliphatic carboxylic acids is 5. The minimum absolute atomic E-state index is 0.000917. The van der Waals surface area contributed by atoms with Gasteiger partial charge >= 0.3 is 29.8 Å². The van der Waals surface area contributed by atoms with Crippen molar-refractivity contribution in [2.75, 3.05) is 36.1 Å². The maximum Gasteiger partial charge on any atom is 0.327 e. The highest BCUT2D eigenvalue weighted by Crippen LogP contribution is 2.25. The minimum atomic E-state index is -1.69. The van der Waals surface area contributed by atoms with Crippen molar-refractivity contribution in [2.24, 2.45) is 68.4 Å². The molecule has 136 heavy (non-hydrogen) atoms. The molecule has 0 saturated carbocycles. The molecule has 12 atom stereocenters. The monoisotopic (exact) mass is 1930 g/mol. The molecular formula is C88H120N22O24S2. The molecule has 46 nitrogen and oxygen atoms in total. The van der Waals surface area contributed by atoms with E-state index < -0.39 is 198 Å². The zero-order valence-electron chi connectivity index (χ0n) is 75.9. The number of H-pyrrole nitrogens is 2. The van der Waals surface area contributed by atoms with Crippen molar-refractivity contribution in [1.82, 2.24) is 71.8 Å². The fraction of sp³-hybridized carbons (Fsp3) is 0.511. The van der Waals surface area contributed by atoms with Crippen LogP contribution in [0, 0.1) is 35.5 Å². The van der Waals surface area contributed by atoms with Crippen molar-refractivity contribution in [1.29, 1.82) is 0 Å². The van der Waals surface area contributed by atoms with Crippen LogP contribution in [-0.2, 0) is 97.6 Å². The molecule has 0 fully saturated rings. The Kier molecular flexibility index (Phi) is 47.0. The number of aromatic nitrogens is 8. The van der Waals surface area contributed by atoms with E-state index in [9.17, 15) is 117 Å². The fourth-order valence-corrected chi connectivity index (χ4v) is 14.4. The molecule has 6 amide bonds. The first-order valence-corrected chi connectivity index (χ1v) is 45.2. The van der Waals surface area contributed by atoms with E-state index in [0.29, 0.717) is 54.0 Å².